The molecule has 0 aliphatic heterocycles. The molecule has 0 fully saturated rings. The average molecular weight is 568 g/mol. The number of halogens is 2. The number of hydrogen-bond acceptors (Lipinski definition) is 6. The Labute approximate surface area is 228 Å². The van der Waals surface area contributed by atoms with Crippen LogP contribution in [0.15, 0.2) is 107 Å². The second-order valence-electron chi connectivity index (χ2n) is 7.77. The zero-order valence-electron chi connectivity index (χ0n) is 19.5. The van der Waals surface area contributed by atoms with Crippen molar-refractivity contribution in [1.82, 2.24) is 5.43 Å². The lowest BCUT2D eigenvalue weighted by Gasteiger charge is -2.09. The van der Waals surface area contributed by atoms with Gasteiger partial charge in [-0.1, -0.05) is 35.3 Å². The molecule has 0 aromatic heterocycles. The van der Waals surface area contributed by atoms with E-state index in [1.165, 1.54) is 54.7 Å². The molecule has 192 valence electrons. The molecular weight excluding hydrogens is 549 g/mol. The summed E-state index contributed by atoms with van der Waals surface area (Å²) in [5, 5.41) is 4.65. The number of carbonyl (C=O) groups excluding carboxylic acids is 2. The van der Waals surface area contributed by atoms with E-state index >= 15 is 0 Å². The summed E-state index contributed by atoms with van der Waals surface area (Å²) in [4.78, 5) is 24.7. The molecule has 11 heteroatoms. The minimum absolute atomic E-state index is 0.0600. The van der Waals surface area contributed by atoms with E-state index in [0.29, 0.717) is 21.4 Å². The van der Waals surface area contributed by atoms with Crippen LogP contribution in [0.1, 0.15) is 26.3 Å². The highest BCUT2D eigenvalue weighted by Crippen LogP contribution is 2.20. The molecule has 0 atom stereocenters. The van der Waals surface area contributed by atoms with E-state index in [9.17, 15) is 18.0 Å². The number of hydrogen-bond donors (Lipinski definition) is 2. The van der Waals surface area contributed by atoms with Crippen molar-refractivity contribution in [1.29, 1.82) is 0 Å². The maximum Gasteiger partial charge on any atom is 0.345 e. The maximum absolute atomic E-state index is 12.5. The Morgan fingerprint density at radius 2 is 1.47 bits per heavy atom. The largest absolute Gasteiger partial charge is 0.423 e. The molecule has 0 heterocycles. The summed E-state index contributed by atoms with van der Waals surface area (Å²) in [5.41, 5.74) is 3.87. The van der Waals surface area contributed by atoms with Crippen molar-refractivity contribution in [2.24, 2.45) is 5.10 Å². The number of hydrazone groups is 1. The molecule has 0 saturated heterocycles. The predicted molar refractivity (Wildman–Crippen MR) is 147 cm³/mol. The fourth-order valence-electron chi connectivity index (χ4n) is 3.16. The number of benzene rings is 4. The van der Waals surface area contributed by atoms with E-state index in [0.717, 1.165) is 0 Å². The topological polar surface area (TPSA) is 114 Å². The summed E-state index contributed by atoms with van der Waals surface area (Å²) >= 11 is 11.8. The van der Waals surface area contributed by atoms with Crippen molar-refractivity contribution in [3.63, 3.8) is 0 Å². The van der Waals surface area contributed by atoms with Crippen molar-refractivity contribution >= 4 is 57.0 Å². The standard InChI is InChI=1S/C27H19Cl2N3O5S/c28-20-9-15-23(16-10-20)38(35,36)32-21-11-7-19(8-12-21)26(33)31-30-17-18-5-13-22(14-6-18)37-27(34)24-3-1-2-4-25(24)29/h1-17,32H,(H,31,33)/b30-17-. The summed E-state index contributed by atoms with van der Waals surface area (Å²) in [6.45, 7) is 0. The number of ether oxygens (including phenoxy) is 1. The molecule has 0 bridgehead atoms. The van der Waals surface area contributed by atoms with Gasteiger partial charge in [-0.25, -0.2) is 18.6 Å². The average Bonchev–Trinajstić information content (AvgIpc) is 2.90. The van der Waals surface area contributed by atoms with Crippen LogP contribution in [-0.2, 0) is 10.0 Å². The van der Waals surface area contributed by atoms with Gasteiger partial charge in [-0.15, -0.1) is 0 Å². The highest BCUT2D eigenvalue weighted by atomic mass is 35.5. The van der Waals surface area contributed by atoms with Crippen molar-refractivity contribution in [3.05, 3.63) is 124 Å². The van der Waals surface area contributed by atoms with Gasteiger partial charge in [0.15, 0.2) is 0 Å². The Bertz CT molecular complexity index is 1590. The Balaban J connectivity index is 1.31. The fraction of sp³-hybridized carbons (Fsp3) is 0. The van der Waals surface area contributed by atoms with Crippen LogP contribution in [0.4, 0.5) is 5.69 Å². The third-order valence-electron chi connectivity index (χ3n) is 5.09. The number of anilines is 1. The Kier molecular flexibility index (Phi) is 8.42. The number of amides is 1. The van der Waals surface area contributed by atoms with Crippen molar-refractivity contribution in [2.45, 2.75) is 4.90 Å². The van der Waals surface area contributed by atoms with Crippen LogP contribution in [0, 0.1) is 0 Å². The number of esters is 1. The molecule has 0 aliphatic rings. The molecular formula is C27H19Cl2N3O5S. The van der Waals surface area contributed by atoms with Gasteiger partial charge in [0.05, 0.1) is 21.7 Å². The molecule has 4 rings (SSSR count). The second-order valence-corrected chi connectivity index (χ2v) is 10.3. The Morgan fingerprint density at radius 1 is 0.816 bits per heavy atom. The second kappa shape index (κ2) is 11.9. The third-order valence-corrected chi connectivity index (χ3v) is 7.07. The number of nitrogens with zero attached hydrogens (tertiary/aromatic N) is 1. The molecule has 2 N–H and O–H groups in total. The summed E-state index contributed by atoms with van der Waals surface area (Å²) in [7, 11) is -3.80. The van der Waals surface area contributed by atoms with Crippen LogP contribution in [0.5, 0.6) is 5.75 Å². The van der Waals surface area contributed by atoms with Crippen LogP contribution < -0.4 is 14.9 Å². The first-order valence-electron chi connectivity index (χ1n) is 11.0. The van der Waals surface area contributed by atoms with Gasteiger partial charge >= 0.3 is 5.97 Å². The van der Waals surface area contributed by atoms with Gasteiger partial charge in [0, 0.05) is 16.3 Å². The van der Waals surface area contributed by atoms with Crippen LogP contribution in [0.25, 0.3) is 0 Å². The molecule has 4 aromatic rings. The highest BCUT2D eigenvalue weighted by Gasteiger charge is 2.15. The number of carbonyl (C=O) groups is 2. The summed E-state index contributed by atoms with van der Waals surface area (Å²) in [6, 6.07) is 24.7. The lowest BCUT2D eigenvalue weighted by Crippen LogP contribution is -2.18. The van der Waals surface area contributed by atoms with Crippen molar-refractivity contribution in [3.8, 4) is 5.75 Å². The SMILES string of the molecule is O=C(N/N=C\c1ccc(OC(=O)c2ccccc2Cl)cc1)c1ccc(NS(=O)(=O)c2ccc(Cl)cc2)cc1. The minimum Gasteiger partial charge on any atom is -0.423 e. The van der Waals surface area contributed by atoms with Crippen LogP contribution in [0.3, 0.4) is 0 Å². The van der Waals surface area contributed by atoms with E-state index < -0.39 is 21.9 Å². The van der Waals surface area contributed by atoms with E-state index in [-0.39, 0.29) is 21.7 Å². The van der Waals surface area contributed by atoms with Crippen molar-refractivity contribution in [2.75, 3.05) is 4.72 Å². The lowest BCUT2D eigenvalue weighted by molar-refractivity contribution is 0.0734. The third kappa shape index (κ3) is 6.98. The monoisotopic (exact) mass is 567 g/mol. The van der Waals surface area contributed by atoms with Crippen LogP contribution >= 0.6 is 23.2 Å². The quantitative estimate of drug-likeness (QED) is 0.121. The van der Waals surface area contributed by atoms with E-state index in [1.807, 2.05) is 0 Å². The van der Waals surface area contributed by atoms with Gasteiger partial charge in [-0.2, -0.15) is 5.10 Å². The summed E-state index contributed by atoms with van der Waals surface area (Å²) in [6.07, 6.45) is 1.42. The molecule has 1 amide bonds. The zero-order chi connectivity index (χ0) is 27.1. The Hall–Kier alpha value is -4.18. The number of rotatable bonds is 8. The smallest absolute Gasteiger partial charge is 0.345 e. The molecule has 0 unspecified atom stereocenters. The molecule has 0 aliphatic carbocycles. The van der Waals surface area contributed by atoms with Gasteiger partial charge < -0.3 is 4.74 Å². The van der Waals surface area contributed by atoms with E-state index in [4.69, 9.17) is 27.9 Å². The Morgan fingerprint density at radius 3 is 2.13 bits per heavy atom. The molecule has 38 heavy (non-hydrogen) atoms. The van der Waals surface area contributed by atoms with Gasteiger partial charge in [0.2, 0.25) is 0 Å². The molecule has 0 spiro atoms. The molecule has 8 nitrogen and oxygen atoms in total. The predicted octanol–water partition coefficient (Wildman–Crippen LogP) is 5.78. The zero-order valence-corrected chi connectivity index (χ0v) is 21.8. The van der Waals surface area contributed by atoms with E-state index in [1.54, 1.807) is 48.5 Å². The van der Waals surface area contributed by atoms with Gasteiger partial charge in [-0.05, 0) is 90.5 Å². The summed E-state index contributed by atoms with van der Waals surface area (Å²) < 4.78 is 32.7. The molecule has 4 aromatic carbocycles. The molecule has 0 radical (unpaired) electrons. The first-order chi connectivity index (χ1) is 18.2. The van der Waals surface area contributed by atoms with Gasteiger partial charge in [-0.3, -0.25) is 9.52 Å². The first kappa shape index (κ1) is 26.9. The van der Waals surface area contributed by atoms with Crippen LogP contribution in [-0.4, -0.2) is 26.5 Å². The summed E-state index contributed by atoms with van der Waals surface area (Å²) in [5.74, 6) is -0.741. The molecule has 0 saturated carbocycles. The fourth-order valence-corrected chi connectivity index (χ4v) is 4.56. The highest BCUT2D eigenvalue weighted by molar-refractivity contribution is 7.92. The lowest BCUT2D eigenvalue weighted by atomic mass is 10.2. The van der Waals surface area contributed by atoms with Gasteiger partial charge in [0.25, 0.3) is 15.9 Å². The maximum atomic E-state index is 12.5. The minimum atomic E-state index is -3.80. The van der Waals surface area contributed by atoms with Crippen LogP contribution in [0.2, 0.25) is 10.0 Å². The van der Waals surface area contributed by atoms with Gasteiger partial charge in [0.1, 0.15) is 5.75 Å². The number of sulfonamides is 1. The van der Waals surface area contributed by atoms with E-state index in [2.05, 4.69) is 15.2 Å². The normalized spacial score (nSPS) is 11.2. The first-order valence-corrected chi connectivity index (χ1v) is 13.2. The van der Waals surface area contributed by atoms with Crippen molar-refractivity contribution < 1.29 is 22.7 Å². The number of nitrogens with one attached hydrogen (secondary N) is 2.